The summed E-state index contributed by atoms with van der Waals surface area (Å²) in [5.74, 6) is 0.969. The van der Waals surface area contributed by atoms with E-state index in [-0.39, 0.29) is 0 Å². The van der Waals surface area contributed by atoms with Gasteiger partial charge in [-0.15, -0.1) is 0 Å². The maximum Gasteiger partial charge on any atom is 0.123 e. The number of aryl methyl sites for hydroxylation is 1. The Morgan fingerprint density at radius 2 is 2.05 bits per heavy atom. The van der Waals surface area contributed by atoms with Gasteiger partial charge in [0.05, 0.1) is 7.11 Å². The SMILES string of the molecule is CCCNC(CCCOC)c1cc(C)ccc1OC. The number of hydrogen-bond acceptors (Lipinski definition) is 3. The van der Waals surface area contributed by atoms with Crippen LogP contribution in [0.3, 0.4) is 0 Å². The molecule has 1 N–H and O–H groups in total. The van der Waals surface area contributed by atoms with Crippen LogP contribution in [-0.4, -0.2) is 27.4 Å². The molecule has 1 atom stereocenters. The van der Waals surface area contributed by atoms with Crippen LogP contribution in [0, 0.1) is 6.92 Å². The normalized spacial score (nSPS) is 12.4. The summed E-state index contributed by atoms with van der Waals surface area (Å²) in [6.07, 6.45) is 3.25. The summed E-state index contributed by atoms with van der Waals surface area (Å²) >= 11 is 0. The highest BCUT2D eigenvalue weighted by Gasteiger charge is 2.15. The van der Waals surface area contributed by atoms with Gasteiger partial charge < -0.3 is 14.8 Å². The molecule has 0 amide bonds. The molecule has 0 aliphatic carbocycles. The minimum Gasteiger partial charge on any atom is -0.496 e. The predicted molar refractivity (Wildman–Crippen MR) is 79.9 cm³/mol. The summed E-state index contributed by atoms with van der Waals surface area (Å²) in [4.78, 5) is 0. The highest BCUT2D eigenvalue weighted by molar-refractivity contribution is 5.39. The molecular weight excluding hydrogens is 238 g/mol. The second kappa shape index (κ2) is 8.94. The van der Waals surface area contributed by atoms with Gasteiger partial charge in [0, 0.05) is 25.3 Å². The van der Waals surface area contributed by atoms with Crippen LogP contribution >= 0.6 is 0 Å². The molecule has 3 nitrogen and oxygen atoms in total. The van der Waals surface area contributed by atoms with Crippen molar-refractivity contribution in [2.75, 3.05) is 27.4 Å². The average Bonchev–Trinajstić information content (AvgIpc) is 2.42. The summed E-state index contributed by atoms with van der Waals surface area (Å²) in [7, 11) is 3.49. The van der Waals surface area contributed by atoms with Gasteiger partial charge in [-0.1, -0.05) is 24.6 Å². The molecule has 1 aromatic rings. The lowest BCUT2D eigenvalue weighted by Crippen LogP contribution is -2.23. The van der Waals surface area contributed by atoms with Crippen LogP contribution < -0.4 is 10.1 Å². The van der Waals surface area contributed by atoms with Gasteiger partial charge in [-0.3, -0.25) is 0 Å². The maximum atomic E-state index is 5.50. The maximum absolute atomic E-state index is 5.50. The molecule has 0 aliphatic rings. The van der Waals surface area contributed by atoms with E-state index in [0.717, 1.165) is 38.2 Å². The lowest BCUT2D eigenvalue weighted by Gasteiger charge is -2.21. The highest BCUT2D eigenvalue weighted by atomic mass is 16.5. The number of rotatable bonds is 9. The molecule has 0 aliphatic heterocycles. The van der Waals surface area contributed by atoms with Crippen molar-refractivity contribution in [1.82, 2.24) is 5.32 Å². The molecule has 3 heteroatoms. The highest BCUT2D eigenvalue weighted by Crippen LogP contribution is 2.29. The minimum atomic E-state index is 0.338. The monoisotopic (exact) mass is 265 g/mol. The van der Waals surface area contributed by atoms with Gasteiger partial charge in [-0.25, -0.2) is 0 Å². The largest absolute Gasteiger partial charge is 0.496 e. The van der Waals surface area contributed by atoms with Gasteiger partial charge in [0.15, 0.2) is 0 Å². The zero-order valence-electron chi connectivity index (χ0n) is 12.7. The zero-order chi connectivity index (χ0) is 14.1. The summed E-state index contributed by atoms with van der Waals surface area (Å²) in [6, 6.07) is 6.71. The molecule has 0 radical (unpaired) electrons. The van der Waals surface area contributed by atoms with E-state index in [4.69, 9.17) is 9.47 Å². The van der Waals surface area contributed by atoms with Gasteiger partial charge >= 0.3 is 0 Å². The van der Waals surface area contributed by atoms with Gasteiger partial charge in [0.25, 0.3) is 0 Å². The fourth-order valence-corrected chi connectivity index (χ4v) is 2.24. The first-order chi connectivity index (χ1) is 9.22. The van der Waals surface area contributed by atoms with Crippen molar-refractivity contribution < 1.29 is 9.47 Å². The fraction of sp³-hybridized carbons (Fsp3) is 0.625. The first-order valence-corrected chi connectivity index (χ1v) is 7.09. The predicted octanol–water partition coefficient (Wildman–Crippen LogP) is 3.47. The Hall–Kier alpha value is -1.06. The molecule has 0 saturated carbocycles. The first kappa shape index (κ1) is 16.0. The molecular formula is C16H27NO2. The molecule has 0 bridgehead atoms. The lowest BCUT2D eigenvalue weighted by atomic mass is 9.99. The van der Waals surface area contributed by atoms with Gasteiger partial charge in [-0.2, -0.15) is 0 Å². The Bertz CT molecular complexity index is 366. The van der Waals surface area contributed by atoms with E-state index < -0.39 is 0 Å². The second-order valence-electron chi connectivity index (χ2n) is 4.89. The van der Waals surface area contributed by atoms with Crippen molar-refractivity contribution in [3.8, 4) is 5.75 Å². The third kappa shape index (κ3) is 5.21. The van der Waals surface area contributed by atoms with Crippen molar-refractivity contribution in [2.24, 2.45) is 0 Å². The Labute approximate surface area is 117 Å². The Balaban J connectivity index is 2.84. The van der Waals surface area contributed by atoms with Crippen molar-refractivity contribution in [1.29, 1.82) is 0 Å². The van der Waals surface area contributed by atoms with Gasteiger partial charge in [-0.05, 0) is 38.8 Å². The third-order valence-electron chi connectivity index (χ3n) is 3.24. The van der Waals surface area contributed by atoms with Crippen LogP contribution in [0.5, 0.6) is 5.75 Å². The van der Waals surface area contributed by atoms with E-state index in [1.807, 2.05) is 0 Å². The number of nitrogens with one attached hydrogen (secondary N) is 1. The summed E-state index contributed by atoms with van der Waals surface area (Å²) < 4.78 is 10.7. The summed E-state index contributed by atoms with van der Waals surface area (Å²) in [5.41, 5.74) is 2.53. The fourth-order valence-electron chi connectivity index (χ4n) is 2.24. The van der Waals surface area contributed by atoms with Crippen LogP contribution in [0.25, 0.3) is 0 Å². The van der Waals surface area contributed by atoms with Gasteiger partial charge in [0.2, 0.25) is 0 Å². The molecule has 108 valence electrons. The number of ether oxygens (including phenoxy) is 2. The van der Waals surface area contributed by atoms with Crippen LogP contribution in [0.15, 0.2) is 18.2 Å². The molecule has 0 fully saturated rings. The molecule has 1 rings (SSSR count). The Morgan fingerprint density at radius 1 is 1.26 bits per heavy atom. The van der Waals surface area contributed by atoms with Crippen LogP contribution in [-0.2, 0) is 4.74 Å². The molecule has 19 heavy (non-hydrogen) atoms. The third-order valence-corrected chi connectivity index (χ3v) is 3.24. The first-order valence-electron chi connectivity index (χ1n) is 7.09. The molecule has 1 aromatic carbocycles. The van der Waals surface area contributed by atoms with Crippen molar-refractivity contribution in [2.45, 2.75) is 39.2 Å². The quantitative estimate of drug-likeness (QED) is 0.693. The Kier molecular flexibility index (Phi) is 7.53. The second-order valence-corrected chi connectivity index (χ2v) is 4.89. The van der Waals surface area contributed by atoms with Gasteiger partial charge in [0.1, 0.15) is 5.75 Å². The average molecular weight is 265 g/mol. The topological polar surface area (TPSA) is 30.5 Å². The van der Waals surface area contributed by atoms with E-state index >= 15 is 0 Å². The number of benzene rings is 1. The molecule has 0 heterocycles. The number of hydrogen-bond donors (Lipinski definition) is 1. The number of methoxy groups -OCH3 is 2. The van der Waals surface area contributed by atoms with E-state index in [1.165, 1.54) is 11.1 Å². The smallest absolute Gasteiger partial charge is 0.123 e. The van der Waals surface area contributed by atoms with Crippen LogP contribution in [0.2, 0.25) is 0 Å². The molecule has 0 spiro atoms. The molecule has 1 unspecified atom stereocenters. The lowest BCUT2D eigenvalue weighted by molar-refractivity contribution is 0.188. The standard InChI is InChI=1S/C16H27NO2/c1-5-10-17-15(7-6-11-18-3)14-12-13(2)8-9-16(14)19-4/h8-9,12,15,17H,5-7,10-11H2,1-4H3. The van der Waals surface area contributed by atoms with E-state index in [1.54, 1.807) is 14.2 Å². The summed E-state index contributed by atoms with van der Waals surface area (Å²) in [6.45, 7) is 6.13. The van der Waals surface area contributed by atoms with Crippen molar-refractivity contribution in [3.63, 3.8) is 0 Å². The summed E-state index contributed by atoms with van der Waals surface area (Å²) in [5, 5.41) is 3.61. The van der Waals surface area contributed by atoms with Crippen molar-refractivity contribution >= 4 is 0 Å². The molecule has 0 aromatic heterocycles. The van der Waals surface area contributed by atoms with Crippen LogP contribution in [0.4, 0.5) is 0 Å². The Morgan fingerprint density at radius 3 is 2.68 bits per heavy atom. The molecule has 0 saturated heterocycles. The minimum absolute atomic E-state index is 0.338. The van der Waals surface area contributed by atoms with E-state index in [9.17, 15) is 0 Å². The van der Waals surface area contributed by atoms with Crippen LogP contribution in [0.1, 0.15) is 43.4 Å². The van der Waals surface area contributed by atoms with Crippen molar-refractivity contribution in [3.05, 3.63) is 29.3 Å². The van der Waals surface area contributed by atoms with E-state index in [0.29, 0.717) is 6.04 Å². The van der Waals surface area contributed by atoms with E-state index in [2.05, 4.69) is 37.4 Å². The zero-order valence-corrected chi connectivity index (χ0v) is 12.7.